The van der Waals surface area contributed by atoms with Crippen LogP contribution in [-0.4, -0.2) is 45.9 Å². The molecule has 0 N–H and O–H groups in total. The van der Waals surface area contributed by atoms with Crippen LogP contribution < -0.4 is 0 Å². The number of piperidine rings is 1. The van der Waals surface area contributed by atoms with Gasteiger partial charge in [-0.05, 0) is 62.1 Å². The van der Waals surface area contributed by atoms with Gasteiger partial charge in [0.05, 0.1) is 6.26 Å². The van der Waals surface area contributed by atoms with E-state index in [1.807, 2.05) is 17.3 Å². The Labute approximate surface area is 142 Å². The van der Waals surface area contributed by atoms with Crippen LogP contribution in [0, 0.1) is 0 Å². The standard InChI is InChI=1S/C19H23N3O2/c23-18(17-4-1-13-24-17)21-11-2-7-19(15-21)8-3-12-22(19)14-16-5-9-20-10-6-16/h1,4-6,9-10,13H,2-3,7-8,11-12,14-15H2. The lowest BCUT2D eigenvalue weighted by Crippen LogP contribution is -2.56. The van der Waals surface area contributed by atoms with Crippen molar-refractivity contribution in [2.45, 2.75) is 37.8 Å². The molecule has 2 fully saturated rings. The first-order chi connectivity index (χ1) is 11.8. The zero-order valence-corrected chi connectivity index (χ0v) is 13.9. The molecule has 2 aliphatic heterocycles. The number of hydrogen-bond donors (Lipinski definition) is 0. The molecule has 0 saturated carbocycles. The van der Waals surface area contributed by atoms with Crippen LogP contribution in [-0.2, 0) is 6.54 Å². The molecule has 2 saturated heterocycles. The smallest absolute Gasteiger partial charge is 0.289 e. The molecule has 4 heterocycles. The molecular formula is C19H23N3O2. The Hall–Kier alpha value is -2.14. The molecule has 2 aliphatic rings. The molecule has 2 aromatic rings. The van der Waals surface area contributed by atoms with Crippen LogP contribution >= 0.6 is 0 Å². The SMILES string of the molecule is O=C(c1ccco1)N1CCCC2(CCCN2Cc2ccncc2)C1. The van der Waals surface area contributed by atoms with Gasteiger partial charge in [0, 0.05) is 37.6 Å². The lowest BCUT2D eigenvalue weighted by Gasteiger charge is -2.46. The maximum absolute atomic E-state index is 12.7. The summed E-state index contributed by atoms with van der Waals surface area (Å²) in [5.74, 6) is 0.473. The summed E-state index contributed by atoms with van der Waals surface area (Å²) in [5, 5.41) is 0. The van der Waals surface area contributed by atoms with Gasteiger partial charge in [-0.1, -0.05) is 0 Å². The summed E-state index contributed by atoms with van der Waals surface area (Å²) < 4.78 is 5.31. The minimum Gasteiger partial charge on any atom is -0.459 e. The van der Waals surface area contributed by atoms with Crippen molar-refractivity contribution < 1.29 is 9.21 Å². The van der Waals surface area contributed by atoms with E-state index in [1.165, 1.54) is 24.8 Å². The van der Waals surface area contributed by atoms with Crippen molar-refractivity contribution in [1.82, 2.24) is 14.8 Å². The van der Waals surface area contributed by atoms with Gasteiger partial charge in [-0.25, -0.2) is 0 Å². The van der Waals surface area contributed by atoms with E-state index in [0.29, 0.717) is 5.76 Å². The number of nitrogens with zero attached hydrogens (tertiary/aromatic N) is 3. The average Bonchev–Trinajstić information content (AvgIpc) is 3.27. The molecule has 126 valence electrons. The predicted octanol–water partition coefficient (Wildman–Crippen LogP) is 2.95. The first-order valence-electron chi connectivity index (χ1n) is 8.74. The second-order valence-corrected chi connectivity index (χ2v) is 6.91. The van der Waals surface area contributed by atoms with Gasteiger partial charge in [0.25, 0.3) is 5.91 Å². The van der Waals surface area contributed by atoms with E-state index in [4.69, 9.17) is 4.42 Å². The van der Waals surface area contributed by atoms with Gasteiger partial charge in [-0.3, -0.25) is 14.7 Å². The van der Waals surface area contributed by atoms with Crippen molar-refractivity contribution in [2.75, 3.05) is 19.6 Å². The molecule has 1 atom stereocenters. The Morgan fingerprint density at radius 1 is 1.17 bits per heavy atom. The van der Waals surface area contributed by atoms with E-state index < -0.39 is 0 Å². The van der Waals surface area contributed by atoms with Crippen LogP contribution in [0.15, 0.2) is 47.3 Å². The summed E-state index contributed by atoms with van der Waals surface area (Å²) in [7, 11) is 0. The zero-order chi connectivity index (χ0) is 16.4. The topological polar surface area (TPSA) is 49.6 Å². The normalized spacial score (nSPS) is 24.6. The first kappa shape index (κ1) is 15.4. The van der Waals surface area contributed by atoms with Crippen LogP contribution in [0.1, 0.15) is 41.8 Å². The number of carbonyl (C=O) groups excluding carboxylic acids is 1. The number of rotatable bonds is 3. The fourth-order valence-electron chi connectivity index (χ4n) is 4.25. The van der Waals surface area contributed by atoms with Gasteiger partial charge in [0.2, 0.25) is 0 Å². The van der Waals surface area contributed by atoms with Crippen LogP contribution in [0.4, 0.5) is 0 Å². The molecule has 24 heavy (non-hydrogen) atoms. The van der Waals surface area contributed by atoms with Crippen molar-refractivity contribution in [1.29, 1.82) is 0 Å². The summed E-state index contributed by atoms with van der Waals surface area (Å²) in [6, 6.07) is 7.70. The van der Waals surface area contributed by atoms with Crippen molar-refractivity contribution in [2.24, 2.45) is 0 Å². The Morgan fingerprint density at radius 3 is 2.71 bits per heavy atom. The van der Waals surface area contributed by atoms with Crippen LogP contribution in [0.3, 0.4) is 0 Å². The number of amides is 1. The van der Waals surface area contributed by atoms with E-state index >= 15 is 0 Å². The highest BCUT2D eigenvalue weighted by Gasteiger charge is 2.45. The van der Waals surface area contributed by atoms with Crippen LogP contribution in [0.2, 0.25) is 0 Å². The van der Waals surface area contributed by atoms with Gasteiger partial charge in [0.15, 0.2) is 5.76 Å². The zero-order valence-electron chi connectivity index (χ0n) is 13.9. The third-order valence-electron chi connectivity index (χ3n) is 5.44. The fourth-order valence-corrected chi connectivity index (χ4v) is 4.25. The first-order valence-corrected chi connectivity index (χ1v) is 8.74. The third-order valence-corrected chi connectivity index (χ3v) is 5.44. The molecule has 4 rings (SSSR count). The molecule has 0 radical (unpaired) electrons. The average molecular weight is 325 g/mol. The molecule has 5 heteroatoms. The maximum atomic E-state index is 12.7. The largest absolute Gasteiger partial charge is 0.459 e. The van der Waals surface area contributed by atoms with Crippen molar-refractivity contribution in [3.63, 3.8) is 0 Å². The Morgan fingerprint density at radius 2 is 1.96 bits per heavy atom. The van der Waals surface area contributed by atoms with Gasteiger partial charge in [-0.2, -0.15) is 0 Å². The minimum atomic E-state index is 0.0230. The second-order valence-electron chi connectivity index (χ2n) is 6.91. The predicted molar refractivity (Wildman–Crippen MR) is 90.5 cm³/mol. The summed E-state index contributed by atoms with van der Waals surface area (Å²) in [5.41, 5.74) is 1.41. The van der Waals surface area contributed by atoms with Crippen molar-refractivity contribution in [3.8, 4) is 0 Å². The van der Waals surface area contributed by atoms with Crippen molar-refractivity contribution >= 4 is 5.91 Å². The van der Waals surface area contributed by atoms with Gasteiger partial charge < -0.3 is 9.32 Å². The second kappa shape index (κ2) is 6.40. The number of carbonyl (C=O) groups is 1. The van der Waals surface area contributed by atoms with Gasteiger partial charge >= 0.3 is 0 Å². The molecule has 0 aliphatic carbocycles. The molecule has 0 aromatic carbocycles. The third kappa shape index (κ3) is 2.84. The quantitative estimate of drug-likeness (QED) is 0.870. The Bertz CT molecular complexity index is 686. The summed E-state index contributed by atoms with van der Waals surface area (Å²) in [4.78, 5) is 21.3. The molecule has 1 amide bonds. The monoisotopic (exact) mass is 325 g/mol. The minimum absolute atomic E-state index is 0.0230. The van der Waals surface area contributed by atoms with E-state index in [1.54, 1.807) is 18.4 Å². The molecule has 1 spiro atoms. The number of pyridine rings is 1. The lowest BCUT2D eigenvalue weighted by atomic mass is 9.86. The Balaban J connectivity index is 1.51. The summed E-state index contributed by atoms with van der Waals surface area (Å²) in [6.07, 6.45) is 9.86. The van der Waals surface area contributed by atoms with Crippen LogP contribution in [0.5, 0.6) is 0 Å². The fraction of sp³-hybridized carbons (Fsp3) is 0.474. The van der Waals surface area contributed by atoms with E-state index in [2.05, 4.69) is 22.0 Å². The maximum Gasteiger partial charge on any atom is 0.289 e. The van der Waals surface area contributed by atoms with E-state index in [-0.39, 0.29) is 11.4 Å². The highest BCUT2D eigenvalue weighted by atomic mass is 16.3. The molecular weight excluding hydrogens is 302 g/mol. The molecule has 0 bridgehead atoms. The highest BCUT2D eigenvalue weighted by Crippen LogP contribution is 2.38. The Kier molecular flexibility index (Phi) is 4.10. The summed E-state index contributed by atoms with van der Waals surface area (Å²) >= 11 is 0. The number of furan rings is 1. The van der Waals surface area contributed by atoms with Crippen molar-refractivity contribution in [3.05, 3.63) is 54.2 Å². The highest BCUT2D eigenvalue weighted by molar-refractivity contribution is 5.91. The number of likely N-dealkylation sites (tertiary alicyclic amines) is 2. The van der Waals surface area contributed by atoms with Gasteiger partial charge in [-0.15, -0.1) is 0 Å². The molecule has 2 aromatic heterocycles. The van der Waals surface area contributed by atoms with E-state index in [0.717, 1.165) is 32.6 Å². The summed E-state index contributed by atoms with van der Waals surface area (Å²) in [6.45, 7) is 3.67. The molecule has 1 unspecified atom stereocenters. The number of aromatic nitrogens is 1. The van der Waals surface area contributed by atoms with E-state index in [9.17, 15) is 4.79 Å². The lowest BCUT2D eigenvalue weighted by molar-refractivity contribution is 0.0277. The number of hydrogen-bond acceptors (Lipinski definition) is 4. The molecule has 5 nitrogen and oxygen atoms in total. The van der Waals surface area contributed by atoms with Gasteiger partial charge in [0.1, 0.15) is 0 Å². The van der Waals surface area contributed by atoms with Crippen LogP contribution in [0.25, 0.3) is 0 Å².